The quantitative estimate of drug-likeness (QED) is 0.600. The van der Waals surface area contributed by atoms with Crippen molar-refractivity contribution in [2.75, 3.05) is 26.1 Å². The molecule has 0 bridgehead atoms. The van der Waals surface area contributed by atoms with Gasteiger partial charge in [-0.3, -0.25) is 10.1 Å². The summed E-state index contributed by atoms with van der Waals surface area (Å²) in [6.07, 6.45) is 0. The van der Waals surface area contributed by atoms with E-state index in [0.29, 0.717) is 22.3 Å². The smallest absolute Gasteiger partial charge is 0.264 e. The number of anilines is 1. The van der Waals surface area contributed by atoms with E-state index in [1.54, 1.807) is 31.7 Å². The number of thiazole rings is 1. The van der Waals surface area contributed by atoms with Gasteiger partial charge in [0.1, 0.15) is 23.1 Å². The normalized spacial score (nSPS) is 10.4. The Labute approximate surface area is 169 Å². The van der Waals surface area contributed by atoms with E-state index in [1.807, 2.05) is 6.07 Å². The van der Waals surface area contributed by atoms with E-state index in [0.717, 1.165) is 11.6 Å². The number of amides is 1. The second kappa shape index (κ2) is 8.90. The molecular weight excluding hydrogens is 407 g/mol. The number of ether oxygens (including phenoxy) is 3. The van der Waals surface area contributed by atoms with Crippen LogP contribution in [-0.2, 0) is 4.79 Å². The molecule has 1 amide bonds. The highest BCUT2D eigenvalue weighted by Crippen LogP contribution is 2.34. The summed E-state index contributed by atoms with van der Waals surface area (Å²) in [5.74, 6) is 0.604. The van der Waals surface area contributed by atoms with Crippen molar-refractivity contribution in [1.82, 2.24) is 4.98 Å². The molecule has 9 heteroatoms. The lowest BCUT2D eigenvalue weighted by Crippen LogP contribution is -2.20. The maximum absolute atomic E-state index is 13.0. The van der Waals surface area contributed by atoms with Gasteiger partial charge in [0.2, 0.25) is 0 Å². The molecular formula is C19H16ClFN2O4S. The van der Waals surface area contributed by atoms with Gasteiger partial charge in [0.25, 0.3) is 5.91 Å². The van der Waals surface area contributed by atoms with E-state index in [-0.39, 0.29) is 17.4 Å². The molecule has 0 saturated heterocycles. The van der Waals surface area contributed by atoms with Crippen LogP contribution >= 0.6 is 22.9 Å². The van der Waals surface area contributed by atoms with Crippen molar-refractivity contribution in [1.29, 1.82) is 0 Å². The first-order valence-corrected chi connectivity index (χ1v) is 9.31. The minimum atomic E-state index is -0.480. The van der Waals surface area contributed by atoms with Crippen molar-refractivity contribution < 1.29 is 23.4 Å². The molecule has 0 aliphatic heterocycles. The summed E-state index contributed by atoms with van der Waals surface area (Å²) in [5.41, 5.74) is 1.43. The van der Waals surface area contributed by atoms with Crippen LogP contribution in [0.5, 0.6) is 17.2 Å². The Morgan fingerprint density at radius 3 is 2.71 bits per heavy atom. The molecule has 0 atom stereocenters. The van der Waals surface area contributed by atoms with Crippen LogP contribution < -0.4 is 19.5 Å². The predicted octanol–water partition coefficient (Wildman–Crippen LogP) is 4.64. The van der Waals surface area contributed by atoms with Gasteiger partial charge >= 0.3 is 0 Å². The highest BCUT2D eigenvalue weighted by molar-refractivity contribution is 7.14. The van der Waals surface area contributed by atoms with Crippen molar-refractivity contribution in [2.45, 2.75) is 0 Å². The van der Waals surface area contributed by atoms with Crippen molar-refractivity contribution in [3.8, 4) is 28.5 Å². The first kappa shape index (κ1) is 19.9. The van der Waals surface area contributed by atoms with E-state index in [1.165, 1.54) is 23.5 Å². The zero-order chi connectivity index (χ0) is 20.1. The summed E-state index contributed by atoms with van der Waals surface area (Å²) in [5, 5.41) is 4.96. The monoisotopic (exact) mass is 422 g/mol. The van der Waals surface area contributed by atoms with Crippen molar-refractivity contribution in [3.05, 3.63) is 52.6 Å². The van der Waals surface area contributed by atoms with Gasteiger partial charge in [-0.1, -0.05) is 11.6 Å². The lowest BCUT2D eigenvalue weighted by Gasteiger charge is -2.08. The molecule has 0 aliphatic rings. The average molecular weight is 423 g/mol. The molecule has 3 rings (SSSR count). The zero-order valence-electron chi connectivity index (χ0n) is 15.0. The summed E-state index contributed by atoms with van der Waals surface area (Å²) in [6.45, 7) is -0.286. The number of rotatable bonds is 7. The van der Waals surface area contributed by atoms with E-state index in [2.05, 4.69) is 10.3 Å². The van der Waals surface area contributed by atoms with Gasteiger partial charge in [0.05, 0.1) is 24.9 Å². The summed E-state index contributed by atoms with van der Waals surface area (Å²) in [6, 6.07) is 9.07. The Balaban J connectivity index is 1.65. The third kappa shape index (κ3) is 4.71. The number of carbonyl (C=O) groups excluding carboxylic acids is 1. The third-order valence-corrected chi connectivity index (χ3v) is 4.74. The first-order chi connectivity index (χ1) is 13.5. The van der Waals surface area contributed by atoms with Crippen LogP contribution in [0.15, 0.2) is 41.8 Å². The lowest BCUT2D eigenvalue weighted by molar-refractivity contribution is -0.118. The summed E-state index contributed by atoms with van der Waals surface area (Å²) in [7, 11) is 3.14. The molecule has 0 radical (unpaired) electrons. The van der Waals surface area contributed by atoms with Gasteiger partial charge in [0, 0.05) is 17.0 Å². The molecule has 6 nitrogen and oxygen atoms in total. The summed E-state index contributed by atoms with van der Waals surface area (Å²) >= 11 is 7.13. The minimum absolute atomic E-state index is 0.0935. The molecule has 28 heavy (non-hydrogen) atoms. The van der Waals surface area contributed by atoms with Gasteiger partial charge < -0.3 is 14.2 Å². The van der Waals surface area contributed by atoms with Crippen LogP contribution in [0.2, 0.25) is 5.02 Å². The maximum Gasteiger partial charge on any atom is 0.264 e. The van der Waals surface area contributed by atoms with Gasteiger partial charge in [-0.25, -0.2) is 9.37 Å². The Morgan fingerprint density at radius 1 is 1.18 bits per heavy atom. The van der Waals surface area contributed by atoms with Gasteiger partial charge in [-0.05, 0) is 30.3 Å². The highest BCUT2D eigenvalue weighted by Gasteiger charge is 2.13. The Hall–Kier alpha value is -2.84. The topological polar surface area (TPSA) is 69.7 Å². The number of carbonyl (C=O) groups is 1. The van der Waals surface area contributed by atoms with Crippen LogP contribution in [-0.4, -0.2) is 31.7 Å². The second-order valence-electron chi connectivity index (χ2n) is 5.52. The number of nitrogens with one attached hydrogen (secondary N) is 1. The van der Waals surface area contributed by atoms with E-state index in [9.17, 15) is 9.18 Å². The van der Waals surface area contributed by atoms with Crippen molar-refractivity contribution in [3.63, 3.8) is 0 Å². The van der Waals surface area contributed by atoms with E-state index >= 15 is 0 Å². The fourth-order valence-corrected chi connectivity index (χ4v) is 3.30. The molecule has 1 N–H and O–H groups in total. The summed E-state index contributed by atoms with van der Waals surface area (Å²) < 4.78 is 28.9. The third-order valence-electron chi connectivity index (χ3n) is 3.69. The summed E-state index contributed by atoms with van der Waals surface area (Å²) in [4.78, 5) is 16.5. The number of hydrogen-bond acceptors (Lipinski definition) is 6. The number of nitrogens with zero attached hydrogens (tertiary/aromatic N) is 1. The first-order valence-electron chi connectivity index (χ1n) is 8.05. The standard InChI is InChI=1S/C19H16ClFN2O4S/c1-25-12-4-5-13(17(8-12)26-2)15-10-28-19(22-15)23-18(24)9-27-16-6-3-11(21)7-14(16)20/h3-8,10H,9H2,1-2H3,(H,22,23,24). The van der Waals surface area contributed by atoms with Gasteiger partial charge in [-0.15, -0.1) is 11.3 Å². The molecule has 1 aromatic heterocycles. The molecule has 2 aromatic carbocycles. The van der Waals surface area contributed by atoms with Crippen LogP contribution in [0.1, 0.15) is 0 Å². The molecule has 0 spiro atoms. The largest absolute Gasteiger partial charge is 0.497 e. The van der Waals surface area contributed by atoms with Crippen molar-refractivity contribution >= 4 is 34.0 Å². The number of halogens is 2. The predicted molar refractivity (Wildman–Crippen MR) is 106 cm³/mol. The number of hydrogen-bond donors (Lipinski definition) is 1. The van der Waals surface area contributed by atoms with Crippen LogP contribution in [0.25, 0.3) is 11.3 Å². The number of aromatic nitrogens is 1. The molecule has 0 aliphatic carbocycles. The maximum atomic E-state index is 13.0. The Bertz CT molecular complexity index is 996. The number of methoxy groups -OCH3 is 2. The fraction of sp³-hybridized carbons (Fsp3) is 0.158. The average Bonchev–Trinajstić information content (AvgIpc) is 3.14. The Kier molecular flexibility index (Phi) is 6.33. The van der Waals surface area contributed by atoms with Crippen LogP contribution in [0, 0.1) is 5.82 Å². The minimum Gasteiger partial charge on any atom is -0.497 e. The molecule has 0 unspecified atom stereocenters. The van der Waals surface area contributed by atoms with Gasteiger partial charge in [0.15, 0.2) is 11.7 Å². The fourth-order valence-electron chi connectivity index (χ4n) is 2.36. The molecule has 146 valence electrons. The number of benzene rings is 2. The van der Waals surface area contributed by atoms with Gasteiger partial charge in [-0.2, -0.15) is 0 Å². The van der Waals surface area contributed by atoms with Crippen molar-refractivity contribution in [2.24, 2.45) is 0 Å². The lowest BCUT2D eigenvalue weighted by atomic mass is 10.1. The van der Waals surface area contributed by atoms with E-state index in [4.69, 9.17) is 25.8 Å². The molecule has 1 heterocycles. The van der Waals surface area contributed by atoms with Crippen LogP contribution in [0.4, 0.5) is 9.52 Å². The molecule has 3 aromatic rings. The SMILES string of the molecule is COc1ccc(-c2csc(NC(=O)COc3ccc(F)cc3Cl)n2)c(OC)c1. The van der Waals surface area contributed by atoms with E-state index < -0.39 is 11.7 Å². The zero-order valence-corrected chi connectivity index (χ0v) is 16.6. The highest BCUT2D eigenvalue weighted by atomic mass is 35.5. The van der Waals surface area contributed by atoms with Crippen LogP contribution in [0.3, 0.4) is 0 Å². The molecule has 0 saturated carbocycles. The second-order valence-corrected chi connectivity index (χ2v) is 6.78. The molecule has 0 fully saturated rings. The Morgan fingerprint density at radius 2 is 2.00 bits per heavy atom.